The number of halogens is 1. The van der Waals surface area contributed by atoms with Crippen molar-refractivity contribution in [3.8, 4) is 11.1 Å². The first-order valence-corrected chi connectivity index (χ1v) is 18.5. The molecule has 0 heterocycles. The third-order valence-corrected chi connectivity index (χ3v) is 10.6. The van der Waals surface area contributed by atoms with Gasteiger partial charge in [0.15, 0.2) is 0 Å². The van der Waals surface area contributed by atoms with Crippen molar-refractivity contribution in [3.05, 3.63) is 137 Å². The van der Waals surface area contributed by atoms with E-state index in [-0.39, 0.29) is 16.8 Å². The number of esters is 2. The minimum atomic E-state index is -3.99. The van der Waals surface area contributed by atoms with Crippen molar-refractivity contribution < 1.29 is 32.2 Å². The van der Waals surface area contributed by atoms with Crippen LogP contribution in [0.5, 0.6) is 0 Å². The molecule has 1 aliphatic carbocycles. The maximum absolute atomic E-state index is 13.7. The van der Waals surface area contributed by atoms with Crippen molar-refractivity contribution >= 4 is 37.9 Å². The highest BCUT2D eigenvalue weighted by Gasteiger charge is 2.47. The molecule has 1 N–H and O–H groups in total. The quantitative estimate of drug-likeness (QED) is 0.0750. The van der Waals surface area contributed by atoms with Crippen molar-refractivity contribution in [2.75, 3.05) is 7.11 Å². The highest BCUT2D eigenvalue weighted by molar-refractivity contribution is 9.10. The predicted molar refractivity (Wildman–Crippen MR) is 192 cm³/mol. The molecule has 5 rings (SSSR count). The first kappa shape index (κ1) is 36.2. The molecule has 49 heavy (non-hydrogen) atoms. The molecule has 10 heteroatoms. The molecule has 4 atom stereocenters. The maximum atomic E-state index is 13.7. The number of allylic oxidation sites excluding steroid dienone is 2. The molecule has 4 aromatic rings. The van der Waals surface area contributed by atoms with Gasteiger partial charge in [0.25, 0.3) is 0 Å². The van der Waals surface area contributed by atoms with E-state index in [2.05, 4.69) is 44.9 Å². The van der Waals surface area contributed by atoms with Crippen LogP contribution in [0.3, 0.4) is 0 Å². The number of benzene rings is 4. The van der Waals surface area contributed by atoms with E-state index in [0.717, 1.165) is 21.2 Å². The Morgan fingerprint density at radius 1 is 0.837 bits per heavy atom. The number of rotatable bonds is 15. The van der Waals surface area contributed by atoms with Gasteiger partial charge >= 0.3 is 11.9 Å². The Morgan fingerprint density at radius 3 is 2.16 bits per heavy atom. The largest absolute Gasteiger partial charge is 0.469 e. The van der Waals surface area contributed by atoms with Crippen molar-refractivity contribution in [3.63, 3.8) is 0 Å². The standard InChI is InChI=1S/C39H40BrNO7S/c1-46-37(42)17-11-3-2-10-16-34-35(47-27-28-18-20-30(21-19-28)29-12-6-4-7-13-29)26-36(48-39(43)31-14-8-5-9-15-31)38(34)41-49(44,45)33-24-22-32(40)23-25-33/h2,4-10,12-15,18-25,34-36,38,41H,3,11,16-17,26-27H2,1H3/b10-2-/t34-,35+,36+,38+/m0/s1. The monoisotopic (exact) mass is 745 g/mol. The molecule has 256 valence electrons. The molecule has 0 unspecified atom stereocenters. The first-order valence-electron chi connectivity index (χ1n) is 16.2. The summed E-state index contributed by atoms with van der Waals surface area (Å²) in [4.78, 5) is 24.9. The van der Waals surface area contributed by atoms with E-state index >= 15 is 0 Å². The van der Waals surface area contributed by atoms with Gasteiger partial charge in [-0.1, -0.05) is 101 Å². The lowest BCUT2D eigenvalue weighted by Crippen LogP contribution is -2.46. The molecule has 0 aliphatic heterocycles. The summed E-state index contributed by atoms with van der Waals surface area (Å²) in [6.45, 7) is 0.296. The lowest BCUT2D eigenvalue weighted by Gasteiger charge is -2.27. The van der Waals surface area contributed by atoms with Gasteiger partial charge in [-0.05, 0) is 72.4 Å². The summed E-state index contributed by atoms with van der Waals surface area (Å²) in [6.07, 6.45) is 5.10. The minimum absolute atomic E-state index is 0.101. The van der Waals surface area contributed by atoms with E-state index in [1.165, 1.54) is 19.2 Å². The van der Waals surface area contributed by atoms with Crippen LogP contribution in [0.2, 0.25) is 0 Å². The Morgan fingerprint density at radius 2 is 1.49 bits per heavy atom. The Balaban J connectivity index is 1.39. The van der Waals surface area contributed by atoms with Gasteiger partial charge in [0.2, 0.25) is 10.0 Å². The second-order valence-corrected chi connectivity index (χ2v) is 14.5. The Labute approximate surface area is 296 Å². The summed E-state index contributed by atoms with van der Waals surface area (Å²) >= 11 is 3.36. The van der Waals surface area contributed by atoms with Gasteiger partial charge in [-0.15, -0.1) is 0 Å². The number of nitrogens with one attached hydrogen (secondary N) is 1. The molecular weight excluding hydrogens is 706 g/mol. The number of hydrogen-bond donors (Lipinski definition) is 1. The van der Waals surface area contributed by atoms with Crippen LogP contribution in [-0.4, -0.2) is 45.7 Å². The molecule has 0 saturated heterocycles. The fraction of sp³-hybridized carbons (Fsp3) is 0.282. The number of carbonyl (C=O) groups is 2. The summed E-state index contributed by atoms with van der Waals surface area (Å²) < 4.78 is 48.4. The Kier molecular flexibility index (Phi) is 13.0. The van der Waals surface area contributed by atoms with Gasteiger partial charge in [0.1, 0.15) is 6.10 Å². The molecule has 0 amide bonds. The van der Waals surface area contributed by atoms with Gasteiger partial charge in [-0.2, -0.15) is 0 Å². The topological polar surface area (TPSA) is 108 Å². The zero-order chi connectivity index (χ0) is 34.6. The van der Waals surface area contributed by atoms with Crippen LogP contribution in [0.1, 0.15) is 48.0 Å². The molecule has 0 aromatic heterocycles. The number of carbonyl (C=O) groups excluding carboxylic acids is 2. The molecule has 0 radical (unpaired) electrons. The summed E-state index contributed by atoms with van der Waals surface area (Å²) in [5.74, 6) is -1.16. The molecule has 4 aromatic carbocycles. The van der Waals surface area contributed by atoms with Crippen molar-refractivity contribution in [1.82, 2.24) is 4.72 Å². The van der Waals surface area contributed by atoms with Crippen molar-refractivity contribution in [2.45, 2.75) is 61.9 Å². The zero-order valence-electron chi connectivity index (χ0n) is 27.2. The van der Waals surface area contributed by atoms with Crippen LogP contribution in [0, 0.1) is 5.92 Å². The van der Waals surface area contributed by atoms with Gasteiger partial charge in [0.05, 0.1) is 36.3 Å². The fourth-order valence-electron chi connectivity index (χ4n) is 5.94. The number of methoxy groups -OCH3 is 1. The third-order valence-electron chi connectivity index (χ3n) is 8.57. The van der Waals surface area contributed by atoms with E-state index in [0.29, 0.717) is 44.3 Å². The molecule has 1 saturated carbocycles. The maximum Gasteiger partial charge on any atom is 0.338 e. The van der Waals surface area contributed by atoms with Gasteiger partial charge < -0.3 is 14.2 Å². The lowest BCUT2D eigenvalue weighted by atomic mass is 9.97. The Bertz CT molecular complexity index is 1800. The SMILES string of the molecule is COC(=O)CCC/C=C\C[C@@H]1[C@@H](NS(=O)(=O)c2ccc(Br)cc2)[C@H](OC(=O)c2ccccc2)C[C@H]1OCc1ccc(-c2ccccc2)cc1. The first-order chi connectivity index (χ1) is 23.7. The zero-order valence-corrected chi connectivity index (χ0v) is 29.6. The summed E-state index contributed by atoms with van der Waals surface area (Å²) in [5, 5.41) is 0. The highest BCUT2D eigenvalue weighted by Crippen LogP contribution is 2.36. The van der Waals surface area contributed by atoms with Gasteiger partial charge in [-0.3, -0.25) is 4.79 Å². The fourth-order valence-corrected chi connectivity index (χ4v) is 7.52. The molecule has 0 bridgehead atoms. The molecule has 8 nitrogen and oxygen atoms in total. The van der Waals surface area contributed by atoms with Crippen LogP contribution in [0.25, 0.3) is 11.1 Å². The smallest absolute Gasteiger partial charge is 0.338 e. The van der Waals surface area contributed by atoms with Crippen LogP contribution < -0.4 is 4.72 Å². The highest BCUT2D eigenvalue weighted by atomic mass is 79.9. The molecular formula is C39H40BrNO7S. The molecule has 1 fully saturated rings. The van der Waals surface area contributed by atoms with E-state index in [9.17, 15) is 18.0 Å². The minimum Gasteiger partial charge on any atom is -0.469 e. The van der Waals surface area contributed by atoms with Crippen molar-refractivity contribution in [1.29, 1.82) is 0 Å². The van der Waals surface area contributed by atoms with E-state index in [1.54, 1.807) is 36.4 Å². The summed E-state index contributed by atoms with van der Waals surface area (Å²) in [5.41, 5.74) is 3.55. The van der Waals surface area contributed by atoms with E-state index in [1.807, 2.05) is 48.6 Å². The average molecular weight is 747 g/mol. The van der Waals surface area contributed by atoms with Crippen LogP contribution in [0.4, 0.5) is 0 Å². The normalized spacial score (nSPS) is 19.1. The number of ether oxygens (including phenoxy) is 3. The summed E-state index contributed by atoms with van der Waals surface area (Å²) in [6, 6.07) is 32.5. The second kappa shape index (κ2) is 17.5. The van der Waals surface area contributed by atoms with Crippen LogP contribution in [0.15, 0.2) is 131 Å². The van der Waals surface area contributed by atoms with E-state index in [4.69, 9.17) is 14.2 Å². The van der Waals surface area contributed by atoms with E-state index < -0.39 is 34.2 Å². The van der Waals surface area contributed by atoms with Gasteiger partial charge in [-0.25, -0.2) is 17.9 Å². The molecule has 1 aliphatic rings. The summed E-state index contributed by atoms with van der Waals surface area (Å²) in [7, 11) is -2.63. The average Bonchev–Trinajstić information content (AvgIpc) is 3.43. The Hall–Kier alpha value is -4.09. The van der Waals surface area contributed by atoms with Crippen LogP contribution >= 0.6 is 15.9 Å². The number of sulfonamides is 1. The number of hydrogen-bond acceptors (Lipinski definition) is 7. The van der Waals surface area contributed by atoms with Crippen LogP contribution in [-0.2, 0) is 35.6 Å². The number of unbranched alkanes of at least 4 members (excludes halogenated alkanes) is 1. The third kappa shape index (κ3) is 10.2. The van der Waals surface area contributed by atoms with Crippen molar-refractivity contribution in [2.24, 2.45) is 5.92 Å². The van der Waals surface area contributed by atoms with Gasteiger partial charge in [0, 0.05) is 23.2 Å². The predicted octanol–water partition coefficient (Wildman–Crippen LogP) is 7.88. The lowest BCUT2D eigenvalue weighted by molar-refractivity contribution is -0.140. The second-order valence-electron chi connectivity index (χ2n) is 11.9. The molecule has 0 spiro atoms.